The number of hydrogen-bond acceptors (Lipinski definition) is 23. The molecule has 278 valence electrons. The second-order valence-corrected chi connectivity index (χ2v) is 14.6. The van der Waals surface area contributed by atoms with E-state index in [0.717, 1.165) is 35.9 Å². The van der Waals surface area contributed by atoms with Gasteiger partial charge in [-0.25, -0.2) is 16.8 Å². The third-order valence-corrected chi connectivity index (χ3v) is 10.2. The number of azo groups is 2. The number of carbonyl (C=O) groups excluding carboxylic acids is 1. The molecule has 3 N–H and O–H groups in total. The Kier molecular flexibility index (Phi) is 25.1. The van der Waals surface area contributed by atoms with Crippen LogP contribution in [0.2, 0.25) is 0 Å². The molecule has 0 unspecified atom stereocenters. The van der Waals surface area contributed by atoms with Crippen LogP contribution in [0.4, 0.5) is 28.4 Å². The zero-order chi connectivity index (χ0) is 38.2. The van der Waals surface area contributed by atoms with Gasteiger partial charge in [0.1, 0.15) is 32.9 Å². The van der Waals surface area contributed by atoms with Crippen molar-refractivity contribution in [1.82, 2.24) is 0 Å². The molecule has 0 aliphatic rings. The second-order valence-electron chi connectivity index (χ2n) is 9.87. The van der Waals surface area contributed by atoms with Crippen LogP contribution >= 0.6 is 24.4 Å². The number of aromatic carboxylic acids is 1. The van der Waals surface area contributed by atoms with Crippen molar-refractivity contribution in [2.24, 2.45) is 20.5 Å². The molecule has 0 aliphatic heterocycles. The molecule has 0 amide bonds. The van der Waals surface area contributed by atoms with E-state index in [0.29, 0.717) is 0 Å². The fourth-order valence-corrected chi connectivity index (χ4v) is 6.95. The maximum atomic E-state index is 12.8. The molecule has 0 atom stereocenters. The maximum Gasteiger partial charge on any atom is 1.00 e. The van der Waals surface area contributed by atoms with E-state index >= 15 is 0 Å². The summed E-state index contributed by atoms with van der Waals surface area (Å²) in [6, 6.07) is 9.22. The van der Waals surface area contributed by atoms with E-state index in [9.17, 15) is 46.9 Å². The van der Waals surface area contributed by atoms with Crippen LogP contribution in [0.3, 0.4) is 0 Å². The number of carboxylic acids is 1. The van der Waals surface area contributed by atoms with Gasteiger partial charge in [-0.3, -0.25) is 14.3 Å². The predicted molar refractivity (Wildman–Crippen MR) is 171 cm³/mol. The van der Waals surface area contributed by atoms with Crippen molar-refractivity contribution in [2.75, 3.05) is 25.2 Å². The van der Waals surface area contributed by atoms with Gasteiger partial charge < -0.3 is 40.5 Å². The monoisotopic (exact) mass is 891 g/mol. The summed E-state index contributed by atoms with van der Waals surface area (Å²) in [6.45, 7) is 1.27. The van der Waals surface area contributed by atoms with Crippen LogP contribution in [0.15, 0.2) is 83.7 Å². The Hall–Kier alpha value is -0.510. The van der Waals surface area contributed by atoms with Crippen LogP contribution in [0, 0.1) is 6.92 Å². The van der Waals surface area contributed by atoms with Gasteiger partial charge >= 0.3 is 118 Å². The zero-order valence-electron chi connectivity index (χ0n) is 30.1. The van der Waals surface area contributed by atoms with E-state index in [4.69, 9.17) is 14.7 Å². The number of nitrogens with zero attached hydrogens (tertiary/aromatic N) is 4. The first kappa shape index (κ1) is 55.5. The van der Waals surface area contributed by atoms with Crippen LogP contribution in [0.25, 0.3) is 10.8 Å². The molecule has 0 saturated heterocycles. The number of rotatable bonds is 17. The number of nitrogens with two attached hydrogens (primary N) is 1. The molecule has 21 nitrogen and oxygen atoms in total. The van der Waals surface area contributed by atoms with E-state index in [1.54, 1.807) is 19.1 Å². The minimum Gasteiger partial charge on any atom is -0.744 e. The van der Waals surface area contributed by atoms with Crippen molar-refractivity contribution in [2.45, 2.75) is 21.6 Å². The molecular formula is C27H21N5Na4O16S4. The van der Waals surface area contributed by atoms with E-state index in [1.165, 1.54) is 13.2 Å². The number of hydrogen-bond donors (Lipinski definition) is 2. The number of ether oxygens (including phenoxy) is 1. The number of phenols is 1. The molecule has 56 heavy (non-hydrogen) atoms. The van der Waals surface area contributed by atoms with Gasteiger partial charge in [-0.1, -0.05) is 6.07 Å². The van der Waals surface area contributed by atoms with Crippen LogP contribution in [-0.4, -0.2) is 51.9 Å². The largest absolute Gasteiger partial charge is 1.00 e. The quantitative estimate of drug-likeness (QED) is 0.0145. The number of sulfone groups is 1. The number of aromatic hydroxyl groups is 1. The zero-order valence-corrected chi connectivity index (χ0v) is 41.4. The summed E-state index contributed by atoms with van der Waals surface area (Å²) in [6.07, 6.45) is 0. The number of carbonyl (C=O) groups is 1. The number of nitrogen functional groups attached to an aromatic ring is 1. The standard InChI is InChI=1S/C27H25N5O16S4.4Na/c1-13-3-6-17(19(9-13)43-2)29-32-25-21(52(40,41)42)11-14-10-20(49-47-45-36)24(26(33)22(14)23(25)28)31-30-18-12-15(4-5-16(18)27(34)35)51(38,39)8-7-44-50-48-46-37;;;;/h3-6,9-12,33,36-37H,7-8,28H2,1-2H3,(H,34,35)(H,40,41,42);;;;/q;4*+1/p-4. The third-order valence-electron chi connectivity index (χ3n) is 6.67. The molecular weight excluding hydrogens is 871 g/mol. The van der Waals surface area contributed by atoms with Gasteiger partial charge in [0.15, 0.2) is 27.9 Å². The van der Waals surface area contributed by atoms with E-state index < -0.39 is 82.1 Å². The summed E-state index contributed by atoms with van der Waals surface area (Å²) in [7, 11) is -8.14. The molecule has 4 aromatic rings. The summed E-state index contributed by atoms with van der Waals surface area (Å²) in [4.78, 5) is 10.1. The molecule has 0 fully saturated rings. The Morgan fingerprint density at radius 2 is 1.52 bits per heavy atom. The summed E-state index contributed by atoms with van der Waals surface area (Å²) in [5, 5.41) is 65.1. The van der Waals surface area contributed by atoms with Crippen molar-refractivity contribution in [3.63, 3.8) is 0 Å². The predicted octanol–water partition coefficient (Wildman–Crippen LogP) is -9.63. The Labute approximate surface area is 415 Å². The Balaban J connectivity index is 0.00000756. The topological polar surface area (TPSA) is 329 Å². The number of methoxy groups -OCH3 is 1. The van der Waals surface area contributed by atoms with Gasteiger partial charge in [-0.05, 0) is 60.3 Å². The van der Waals surface area contributed by atoms with Gasteiger partial charge in [-0.2, -0.15) is 4.33 Å². The van der Waals surface area contributed by atoms with Gasteiger partial charge in [0.2, 0.25) is 0 Å². The van der Waals surface area contributed by atoms with Crippen molar-refractivity contribution in [3.8, 4) is 11.5 Å². The van der Waals surface area contributed by atoms with E-state index in [1.807, 2.05) is 0 Å². The Morgan fingerprint density at radius 3 is 2.12 bits per heavy atom. The molecule has 0 bridgehead atoms. The number of benzene rings is 4. The fraction of sp³-hybridized carbons (Fsp3) is 0.148. The van der Waals surface area contributed by atoms with Crippen molar-refractivity contribution >= 4 is 89.5 Å². The van der Waals surface area contributed by atoms with Crippen molar-refractivity contribution in [1.29, 1.82) is 0 Å². The number of carboxylic acid groups (broad SMARTS) is 1. The van der Waals surface area contributed by atoms with Crippen LogP contribution in [0.5, 0.6) is 11.5 Å². The minimum atomic E-state index is -5.31. The van der Waals surface area contributed by atoms with E-state index in [-0.39, 0.29) is 170 Å². The Morgan fingerprint density at radius 1 is 0.875 bits per heavy atom. The maximum absolute atomic E-state index is 12.8. The fourth-order valence-electron chi connectivity index (χ4n) is 4.38. The Bertz CT molecular complexity index is 2290. The molecule has 29 heteroatoms. The average Bonchev–Trinajstić information content (AvgIpc) is 3.09. The summed E-state index contributed by atoms with van der Waals surface area (Å²) in [5.74, 6) is -3.13. The number of aryl methyl sites for hydroxylation is 1. The van der Waals surface area contributed by atoms with Gasteiger partial charge in [0.05, 0.1) is 68.9 Å². The molecule has 4 aromatic carbocycles. The molecule has 4 rings (SSSR count). The van der Waals surface area contributed by atoms with Gasteiger partial charge in [0, 0.05) is 5.56 Å². The molecule has 0 heterocycles. The number of fused-ring (bicyclic) bond motifs is 1. The number of anilines is 1. The molecule has 0 radical (unpaired) electrons. The van der Waals surface area contributed by atoms with Gasteiger partial charge in [-0.15, -0.1) is 24.8 Å². The first-order valence-electron chi connectivity index (χ1n) is 13.6. The van der Waals surface area contributed by atoms with Gasteiger partial charge in [0.25, 0.3) is 0 Å². The summed E-state index contributed by atoms with van der Waals surface area (Å²) in [5.41, 5.74) is 4.06. The van der Waals surface area contributed by atoms with Crippen LogP contribution in [-0.2, 0) is 42.9 Å². The molecule has 0 aliphatic carbocycles. The smallest absolute Gasteiger partial charge is 0.744 e. The third kappa shape index (κ3) is 14.3. The summed E-state index contributed by atoms with van der Waals surface area (Å²) < 4.78 is 80.8. The minimum absolute atomic E-state index is 0. The normalized spacial score (nSPS) is 11.4. The average molecular weight is 892 g/mol. The first-order chi connectivity index (χ1) is 24.6. The molecule has 0 aromatic heterocycles. The first-order valence-corrected chi connectivity index (χ1v) is 18.1. The number of phenolic OH excluding ortho intramolecular Hbond substituents is 1. The SMILES string of the molecule is COc1cc(C)ccc1N=Nc1c(S(=O)(=O)[O-])cc2cc(SOO[O-])c(N=Nc3cc(S(=O)(=O)CCOSOO[O-])ccc3C(=O)[O-])c(O)c2c1N.[Na+].[Na+].[Na+].[Na+]. The molecule has 0 spiro atoms. The van der Waals surface area contributed by atoms with Crippen molar-refractivity contribution < 1.29 is 193 Å². The van der Waals surface area contributed by atoms with Crippen molar-refractivity contribution in [3.05, 3.63) is 59.7 Å². The second kappa shape index (κ2) is 25.3. The molecule has 0 saturated carbocycles. The van der Waals surface area contributed by atoms with E-state index in [2.05, 4.69) is 39.2 Å². The van der Waals surface area contributed by atoms with Crippen LogP contribution in [0.1, 0.15) is 15.9 Å². The summed E-state index contributed by atoms with van der Waals surface area (Å²) >= 11 is 0.195. The van der Waals surface area contributed by atoms with Crippen LogP contribution < -0.4 is 144 Å².